The first kappa shape index (κ1) is 14.1. The van der Waals surface area contributed by atoms with Gasteiger partial charge in [0, 0.05) is 44.1 Å². The van der Waals surface area contributed by atoms with Gasteiger partial charge in [-0.15, -0.1) is 0 Å². The number of hydrogen-bond donors (Lipinski definition) is 1. The molecule has 0 aromatic carbocycles. The Labute approximate surface area is 121 Å². The Kier molecular flexibility index (Phi) is 3.64. The Balaban J connectivity index is 1.79. The lowest BCUT2D eigenvalue weighted by Crippen LogP contribution is -2.32. The van der Waals surface area contributed by atoms with Crippen LogP contribution in [0.2, 0.25) is 0 Å². The fraction of sp³-hybridized carbons (Fsp3) is 0.714. The van der Waals surface area contributed by atoms with Crippen molar-refractivity contribution in [3.63, 3.8) is 0 Å². The van der Waals surface area contributed by atoms with Gasteiger partial charge in [-0.2, -0.15) is 4.31 Å². The van der Waals surface area contributed by atoms with Crippen molar-refractivity contribution in [1.29, 1.82) is 0 Å². The molecule has 0 atom stereocenters. The SMILES string of the molecule is CCN(C1CC1)S(=O)(=O)c1cc(CNC2CC2)n(C)c1. The third-order valence-corrected chi connectivity index (χ3v) is 6.10. The zero-order valence-electron chi connectivity index (χ0n) is 12.2. The average Bonchev–Trinajstić information content (AvgIpc) is 3.29. The fourth-order valence-corrected chi connectivity index (χ4v) is 4.34. The van der Waals surface area contributed by atoms with Crippen LogP contribution in [0.3, 0.4) is 0 Å². The summed E-state index contributed by atoms with van der Waals surface area (Å²) in [5, 5.41) is 3.43. The Bertz CT molecular complexity index is 586. The first-order chi connectivity index (χ1) is 9.52. The first-order valence-electron chi connectivity index (χ1n) is 7.43. The Hall–Kier alpha value is -0.850. The van der Waals surface area contributed by atoms with Gasteiger partial charge in [0.05, 0.1) is 0 Å². The van der Waals surface area contributed by atoms with E-state index in [-0.39, 0.29) is 6.04 Å². The summed E-state index contributed by atoms with van der Waals surface area (Å²) in [7, 11) is -1.41. The zero-order chi connectivity index (χ0) is 14.3. The number of nitrogens with zero attached hydrogens (tertiary/aromatic N) is 2. The second-order valence-electron chi connectivity index (χ2n) is 5.87. The van der Waals surface area contributed by atoms with E-state index in [1.165, 1.54) is 12.8 Å². The van der Waals surface area contributed by atoms with Gasteiger partial charge in [-0.05, 0) is 31.7 Å². The fourth-order valence-electron chi connectivity index (χ4n) is 2.55. The lowest BCUT2D eigenvalue weighted by atomic mass is 10.4. The summed E-state index contributed by atoms with van der Waals surface area (Å²) in [6, 6.07) is 2.66. The van der Waals surface area contributed by atoms with Crippen LogP contribution in [0.5, 0.6) is 0 Å². The van der Waals surface area contributed by atoms with Crippen molar-refractivity contribution >= 4 is 10.0 Å². The van der Waals surface area contributed by atoms with Crippen LogP contribution in [0.4, 0.5) is 0 Å². The van der Waals surface area contributed by atoms with Crippen molar-refractivity contribution < 1.29 is 8.42 Å². The molecule has 5 nitrogen and oxygen atoms in total. The van der Waals surface area contributed by atoms with Crippen LogP contribution in [0.1, 0.15) is 38.3 Å². The monoisotopic (exact) mass is 297 g/mol. The van der Waals surface area contributed by atoms with E-state index in [1.807, 2.05) is 24.6 Å². The number of sulfonamides is 1. The molecule has 1 aromatic heterocycles. The third-order valence-electron chi connectivity index (χ3n) is 4.10. The maximum Gasteiger partial charge on any atom is 0.244 e. The standard InChI is InChI=1S/C14H23N3O2S/c1-3-17(12-6-7-12)20(18,19)14-8-13(16(2)10-14)9-15-11-4-5-11/h8,10-12,15H,3-7,9H2,1-2H3. The second-order valence-corrected chi connectivity index (χ2v) is 7.76. The second kappa shape index (κ2) is 5.16. The van der Waals surface area contributed by atoms with Crippen molar-refractivity contribution in [2.75, 3.05) is 6.54 Å². The lowest BCUT2D eigenvalue weighted by molar-refractivity contribution is 0.421. The van der Waals surface area contributed by atoms with E-state index >= 15 is 0 Å². The summed E-state index contributed by atoms with van der Waals surface area (Å²) in [5.74, 6) is 0. The number of rotatable bonds is 7. The molecule has 112 valence electrons. The minimum absolute atomic E-state index is 0.221. The number of nitrogens with one attached hydrogen (secondary N) is 1. The van der Waals surface area contributed by atoms with E-state index in [0.717, 1.165) is 25.1 Å². The van der Waals surface area contributed by atoms with Crippen molar-refractivity contribution in [2.24, 2.45) is 7.05 Å². The van der Waals surface area contributed by atoms with Gasteiger partial charge in [-0.25, -0.2) is 8.42 Å². The highest BCUT2D eigenvalue weighted by Crippen LogP contribution is 2.32. The predicted octanol–water partition coefficient (Wildman–Crippen LogP) is 1.45. The minimum atomic E-state index is -3.33. The van der Waals surface area contributed by atoms with Crippen molar-refractivity contribution in [2.45, 2.75) is 56.1 Å². The highest BCUT2D eigenvalue weighted by atomic mass is 32.2. The summed E-state index contributed by atoms with van der Waals surface area (Å²) in [6.45, 7) is 3.21. The zero-order valence-corrected chi connectivity index (χ0v) is 13.0. The molecule has 0 radical (unpaired) electrons. The van der Waals surface area contributed by atoms with E-state index in [4.69, 9.17) is 0 Å². The molecule has 2 aliphatic rings. The smallest absolute Gasteiger partial charge is 0.244 e. The van der Waals surface area contributed by atoms with Crippen molar-refractivity contribution in [3.05, 3.63) is 18.0 Å². The van der Waals surface area contributed by atoms with Gasteiger partial charge in [0.2, 0.25) is 10.0 Å². The van der Waals surface area contributed by atoms with Crippen LogP contribution >= 0.6 is 0 Å². The molecule has 0 saturated heterocycles. The van der Waals surface area contributed by atoms with Gasteiger partial charge in [0.25, 0.3) is 0 Å². The molecule has 1 heterocycles. The van der Waals surface area contributed by atoms with E-state index in [1.54, 1.807) is 10.5 Å². The third kappa shape index (κ3) is 2.77. The molecular weight excluding hydrogens is 274 g/mol. The van der Waals surface area contributed by atoms with E-state index < -0.39 is 10.0 Å². The van der Waals surface area contributed by atoms with Gasteiger partial charge in [-0.3, -0.25) is 0 Å². The molecule has 0 amide bonds. The van der Waals surface area contributed by atoms with Gasteiger partial charge in [-0.1, -0.05) is 6.92 Å². The average molecular weight is 297 g/mol. The predicted molar refractivity (Wildman–Crippen MR) is 77.9 cm³/mol. The van der Waals surface area contributed by atoms with Gasteiger partial charge < -0.3 is 9.88 Å². The summed E-state index contributed by atoms with van der Waals surface area (Å²) in [4.78, 5) is 0.432. The molecule has 0 bridgehead atoms. The molecule has 1 aromatic rings. The van der Waals surface area contributed by atoms with Crippen LogP contribution in [0.15, 0.2) is 17.2 Å². The van der Waals surface area contributed by atoms with Gasteiger partial charge in [0.15, 0.2) is 0 Å². The van der Waals surface area contributed by atoms with Gasteiger partial charge in [0.1, 0.15) is 4.90 Å². The summed E-state index contributed by atoms with van der Waals surface area (Å²) >= 11 is 0. The molecule has 20 heavy (non-hydrogen) atoms. The molecule has 0 spiro atoms. The molecule has 2 saturated carbocycles. The Morgan fingerprint density at radius 3 is 2.60 bits per heavy atom. The van der Waals surface area contributed by atoms with E-state index in [2.05, 4.69) is 5.32 Å². The van der Waals surface area contributed by atoms with Crippen molar-refractivity contribution in [1.82, 2.24) is 14.2 Å². The molecule has 0 aliphatic heterocycles. The summed E-state index contributed by atoms with van der Waals surface area (Å²) in [6.07, 6.45) is 6.21. The summed E-state index contributed by atoms with van der Waals surface area (Å²) < 4.78 is 28.9. The molecule has 6 heteroatoms. The number of aromatic nitrogens is 1. The molecule has 1 N–H and O–H groups in total. The van der Waals surface area contributed by atoms with Crippen LogP contribution in [-0.2, 0) is 23.6 Å². The Morgan fingerprint density at radius 2 is 2.05 bits per heavy atom. The topological polar surface area (TPSA) is 54.3 Å². The number of hydrogen-bond acceptors (Lipinski definition) is 3. The summed E-state index contributed by atoms with van der Waals surface area (Å²) in [5.41, 5.74) is 1.03. The molecule has 3 rings (SSSR count). The maximum absolute atomic E-state index is 12.7. The van der Waals surface area contributed by atoms with Crippen LogP contribution < -0.4 is 5.32 Å². The highest BCUT2D eigenvalue weighted by Gasteiger charge is 2.37. The first-order valence-corrected chi connectivity index (χ1v) is 8.87. The van der Waals surface area contributed by atoms with Gasteiger partial charge >= 0.3 is 0 Å². The van der Waals surface area contributed by atoms with Crippen molar-refractivity contribution in [3.8, 4) is 0 Å². The van der Waals surface area contributed by atoms with E-state index in [9.17, 15) is 8.42 Å². The quantitative estimate of drug-likeness (QED) is 0.829. The molecular formula is C14H23N3O2S. The molecule has 0 unspecified atom stereocenters. The lowest BCUT2D eigenvalue weighted by Gasteiger charge is -2.18. The van der Waals surface area contributed by atoms with Crippen LogP contribution in [0, 0.1) is 0 Å². The highest BCUT2D eigenvalue weighted by molar-refractivity contribution is 7.89. The normalized spacial score (nSPS) is 19.8. The minimum Gasteiger partial charge on any atom is -0.352 e. The number of aryl methyl sites for hydroxylation is 1. The van der Waals surface area contributed by atoms with E-state index in [0.29, 0.717) is 17.5 Å². The Morgan fingerprint density at radius 1 is 1.35 bits per heavy atom. The van der Waals surface area contributed by atoms with Crippen LogP contribution in [-0.4, -0.2) is 35.9 Å². The maximum atomic E-state index is 12.7. The molecule has 2 fully saturated rings. The largest absolute Gasteiger partial charge is 0.352 e. The van der Waals surface area contributed by atoms with Crippen LogP contribution in [0.25, 0.3) is 0 Å². The molecule has 2 aliphatic carbocycles.